The zero-order valence-electron chi connectivity index (χ0n) is 7.79. The third-order valence-electron chi connectivity index (χ3n) is 2.24. The maximum atomic E-state index is 11.5. The van der Waals surface area contributed by atoms with E-state index in [1.807, 2.05) is 25.6 Å². The topological polar surface area (TPSA) is 26.9 Å². The lowest BCUT2D eigenvalue weighted by molar-refractivity contribution is 0.655. The van der Waals surface area contributed by atoms with E-state index < -0.39 is 0 Å². The van der Waals surface area contributed by atoms with Gasteiger partial charge in [-0.25, -0.2) is 4.68 Å². The molecule has 0 saturated carbocycles. The quantitative estimate of drug-likeness (QED) is 0.647. The zero-order chi connectivity index (χ0) is 9.30. The van der Waals surface area contributed by atoms with Crippen LogP contribution in [0.2, 0.25) is 0 Å². The van der Waals surface area contributed by atoms with Crippen LogP contribution in [0.3, 0.4) is 0 Å². The molecular weight excluding hydrogens is 152 g/mol. The Hall–Kier alpha value is -1.25. The highest BCUT2D eigenvalue weighted by Crippen LogP contribution is 2.03. The van der Waals surface area contributed by atoms with Gasteiger partial charge in [0.05, 0.1) is 0 Å². The molecule has 0 aliphatic carbocycles. The monoisotopic (exact) mass is 166 g/mol. The third-order valence-corrected chi connectivity index (χ3v) is 2.24. The summed E-state index contributed by atoms with van der Waals surface area (Å²) >= 11 is 0. The Morgan fingerprint density at radius 1 is 1.58 bits per heavy atom. The van der Waals surface area contributed by atoms with Crippen LogP contribution in [0.4, 0.5) is 0 Å². The van der Waals surface area contributed by atoms with E-state index in [0.717, 1.165) is 17.7 Å². The van der Waals surface area contributed by atoms with E-state index in [0.29, 0.717) is 0 Å². The van der Waals surface area contributed by atoms with Crippen LogP contribution in [0.25, 0.3) is 6.20 Å². The molecule has 0 spiro atoms. The second-order valence-corrected chi connectivity index (χ2v) is 2.77. The number of hydrogen-bond acceptors (Lipinski definition) is 1. The fraction of sp³-hybridized carbons (Fsp3) is 0.444. The smallest absolute Gasteiger partial charge is 0.274 e. The van der Waals surface area contributed by atoms with Crippen molar-refractivity contribution < 1.29 is 0 Å². The fourth-order valence-corrected chi connectivity index (χ4v) is 1.40. The summed E-state index contributed by atoms with van der Waals surface area (Å²) in [5, 5.41) is 0. The van der Waals surface area contributed by atoms with Crippen molar-refractivity contribution >= 4 is 6.20 Å². The lowest BCUT2D eigenvalue weighted by atomic mass is 10.2. The normalized spacial score (nSPS) is 10.2. The molecule has 12 heavy (non-hydrogen) atoms. The minimum Gasteiger partial charge on any atom is -0.286 e. The Bertz CT molecular complexity index is 357. The van der Waals surface area contributed by atoms with Gasteiger partial charge in [-0.1, -0.05) is 13.5 Å². The van der Waals surface area contributed by atoms with Crippen molar-refractivity contribution in [3.8, 4) is 0 Å². The van der Waals surface area contributed by atoms with Gasteiger partial charge in [-0.05, 0) is 13.3 Å². The number of nitrogens with zero attached hydrogens (tertiary/aromatic N) is 2. The van der Waals surface area contributed by atoms with Gasteiger partial charge in [0.2, 0.25) is 0 Å². The molecule has 0 saturated heterocycles. The van der Waals surface area contributed by atoms with Gasteiger partial charge in [-0.15, -0.1) is 0 Å². The van der Waals surface area contributed by atoms with Crippen molar-refractivity contribution in [2.24, 2.45) is 7.05 Å². The molecule has 0 atom stereocenters. The minimum absolute atomic E-state index is 0.0486. The molecule has 0 unspecified atom stereocenters. The predicted molar refractivity (Wildman–Crippen MR) is 50.2 cm³/mol. The van der Waals surface area contributed by atoms with E-state index in [1.54, 1.807) is 0 Å². The summed E-state index contributed by atoms with van der Waals surface area (Å²) in [6.07, 6.45) is 2.31. The third kappa shape index (κ3) is 1.02. The van der Waals surface area contributed by atoms with E-state index in [9.17, 15) is 4.79 Å². The first-order valence-corrected chi connectivity index (χ1v) is 4.03. The first-order valence-electron chi connectivity index (χ1n) is 4.03. The van der Waals surface area contributed by atoms with E-state index >= 15 is 0 Å². The second-order valence-electron chi connectivity index (χ2n) is 2.77. The van der Waals surface area contributed by atoms with Gasteiger partial charge in [-0.2, -0.15) is 0 Å². The molecule has 0 N–H and O–H groups in total. The van der Waals surface area contributed by atoms with Crippen molar-refractivity contribution in [1.82, 2.24) is 9.36 Å². The van der Waals surface area contributed by atoms with Crippen LogP contribution < -0.4 is 5.56 Å². The van der Waals surface area contributed by atoms with Crippen LogP contribution in [-0.4, -0.2) is 9.36 Å². The lowest BCUT2D eigenvalue weighted by Crippen LogP contribution is -2.17. The van der Waals surface area contributed by atoms with Crippen LogP contribution in [-0.2, 0) is 13.5 Å². The Kier molecular flexibility index (Phi) is 2.22. The van der Waals surface area contributed by atoms with Crippen molar-refractivity contribution in [1.29, 1.82) is 0 Å². The Morgan fingerprint density at radius 3 is 2.42 bits per heavy atom. The highest BCUT2D eigenvalue weighted by Gasteiger charge is 2.09. The Balaban J connectivity index is 3.53. The summed E-state index contributed by atoms with van der Waals surface area (Å²) in [5.74, 6) is 0. The molecular formula is C9H14N2O. The van der Waals surface area contributed by atoms with Crippen LogP contribution in [0.1, 0.15) is 18.2 Å². The van der Waals surface area contributed by atoms with Gasteiger partial charge in [0.1, 0.15) is 0 Å². The average molecular weight is 166 g/mol. The summed E-state index contributed by atoms with van der Waals surface area (Å²) in [6, 6.07) is 0. The molecule has 0 aliphatic rings. The number of rotatable bonds is 2. The van der Waals surface area contributed by atoms with Gasteiger partial charge < -0.3 is 0 Å². The SMILES string of the molecule is C=Cn1c(=O)c(CC)c(C)n1C. The second kappa shape index (κ2) is 3.01. The zero-order valence-corrected chi connectivity index (χ0v) is 7.79. The van der Waals surface area contributed by atoms with Gasteiger partial charge in [0.15, 0.2) is 0 Å². The summed E-state index contributed by atoms with van der Waals surface area (Å²) in [6.45, 7) is 7.51. The summed E-state index contributed by atoms with van der Waals surface area (Å²) in [7, 11) is 1.86. The van der Waals surface area contributed by atoms with Crippen molar-refractivity contribution in [2.75, 3.05) is 0 Å². The van der Waals surface area contributed by atoms with Gasteiger partial charge >= 0.3 is 0 Å². The van der Waals surface area contributed by atoms with E-state index in [4.69, 9.17) is 0 Å². The first-order chi connectivity index (χ1) is 5.63. The van der Waals surface area contributed by atoms with E-state index in [-0.39, 0.29) is 5.56 Å². The number of hydrogen-bond donors (Lipinski definition) is 0. The maximum Gasteiger partial charge on any atom is 0.274 e. The van der Waals surface area contributed by atoms with Crippen molar-refractivity contribution in [3.63, 3.8) is 0 Å². The molecule has 1 aromatic heterocycles. The molecule has 0 amide bonds. The van der Waals surface area contributed by atoms with Crippen LogP contribution >= 0.6 is 0 Å². The summed E-state index contributed by atoms with van der Waals surface area (Å²) < 4.78 is 3.34. The maximum absolute atomic E-state index is 11.5. The lowest BCUT2D eigenvalue weighted by Gasteiger charge is -2.00. The molecule has 3 nitrogen and oxygen atoms in total. The molecule has 0 bridgehead atoms. The molecule has 0 aromatic carbocycles. The van der Waals surface area contributed by atoms with Crippen molar-refractivity contribution in [3.05, 3.63) is 28.2 Å². The first kappa shape index (κ1) is 8.84. The van der Waals surface area contributed by atoms with E-state index in [1.165, 1.54) is 10.9 Å². The minimum atomic E-state index is 0.0486. The predicted octanol–water partition coefficient (Wildman–Crippen LogP) is 1.16. The van der Waals surface area contributed by atoms with Crippen molar-refractivity contribution in [2.45, 2.75) is 20.3 Å². The highest BCUT2D eigenvalue weighted by molar-refractivity contribution is 5.24. The largest absolute Gasteiger partial charge is 0.286 e. The molecule has 1 rings (SSSR count). The van der Waals surface area contributed by atoms with Gasteiger partial charge in [0.25, 0.3) is 5.56 Å². The van der Waals surface area contributed by atoms with Gasteiger partial charge in [0, 0.05) is 24.5 Å². The summed E-state index contributed by atoms with van der Waals surface area (Å²) in [4.78, 5) is 11.5. The number of aromatic nitrogens is 2. The van der Waals surface area contributed by atoms with Crippen LogP contribution in [0.5, 0.6) is 0 Å². The molecule has 0 aliphatic heterocycles. The van der Waals surface area contributed by atoms with Crippen LogP contribution in [0, 0.1) is 6.92 Å². The standard InChI is InChI=1S/C9H14N2O/c1-5-8-7(3)10(4)11(6-2)9(8)12/h6H,2,5H2,1,3-4H3. The molecule has 1 heterocycles. The Morgan fingerprint density at radius 2 is 2.17 bits per heavy atom. The average Bonchev–Trinajstić information content (AvgIpc) is 2.25. The highest BCUT2D eigenvalue weighted by atomic mass is 16.1. The Labute approximate surface area is 71.9 Å². The fourth-order valence-electron chi connectivity index (χ4n) is 1.40. The summed E-state index contributed by atoms with van der Waals surface area (Å²) in [5.41, 5.74) is 1.94. The molecule has 0 fully saturated rings. The molecule has 1 aromatic rings. The molecule has 66 valence electrons. The van der Waals surface area contributed by atoms with Crippen LogP contribution in [0.15, 0.2) is 11.4 Å². The van der Waals surface area contributed by atoms with Gasteiger partial charge in [-0.3, -0.25) is 9.48 Å². The molecule has 0 radical (unpaired) electrons. The molecule has 3 heteroatoms. The van der Waals surface area contributed by atoms with E-state index in [2.05, 4.69) is 6.58 Å².